The molecule has 7 nitrogen and oxygen atoms in total. The number of aromatic amines is 1. The van der Waals surface area contributed by atoms with Gasteiger partial charge in [0.1, 0.15) is 11.4 Å². The lowest BCUT2D eigenvalue weighted by Gasteiger charge is -2.20. The maximum absolute atomic E-state index is 6.02. The molecule has 0 amide bonds. The number of aromatic nitrogens is 5. The summed E-state index contributed by atoms with van der Waals surface area (Å²) in [5.41, 5.74) is 5.58. The lowest BCUT2D eigenvalue weighted by molar-refractivity contribution is 0.415. The highest BCUT2D eigenvalue weighted by molar-refractivity contribution is 8.00. The number of nitrogens with one attached hydrogen (secondary N) is 1. The average molecular weight is 451 g/mol. The van der Waals surface area contributed by atoms with Crippen molar-refractivity contribution in [2.24, 2.45) is 5.10 Å². The normalized spacial score (nSPS) is 15.5. The highest BCUT2D eigenvalue weighted by Crippen LogP contribution is 2.35. The molecule has 0 saturated carbocycles. The van der Waals surface area contributed by atoms with Crippen LogP contribution in [0.15, 0.2) is 58.8 Å². The topological polar surface area (TPSA) is 81.0 Å². The first kappa shape index (κ1) is 19.8. The van der Waals surface area contributed by atoms with E-state index in [0.717, 1.165) is 44.7 Å². The third-order valence-electron chi connectivity index (χ3n) is 5.22. The van der Waals surface area contributed by atoms with E-state index in [1.807, 2.05) is 55.5 Å². The number of halogens is 1. The van der Waals surface area contributed by atoms with E-state index in [1.54, 1.807) is 23.5 Å². The number of hydrogen-bond acceptors (Lipinski definition) is 6. The predicted molar refractivity (Wildman–Crippen MR) is 123 cm³/mol. The summed E-state index contributed by atoms with van der Waals surface area (Å²) in [6, 6.07) is 15.5. The van der Waals surface area contributed by atoms with Gasteiger partial charge in [-0.05, 0) is 55.8 Å². The first-order valence-corrected chi connectivity index (χ1v) is 11.0. The maximum atomic E-state index is 6.02. The van der Waals surface area contributed by atoms with Crippen molar-refractivity contribution in [3.8, 4) is 28.5 Å². The fourth-order valence-corrected chi connectivity index (χ4v) is 4.60. The second kappa shape index (κ2) is 7.86. The first-order valence-electron chi connectivity index (χ1n) is 9.72. The lowest BCUT2D eigenvalue weighted by atomic mass is 10.1. The number of rotatable bonds is 4. The molecule has 5 rings (SSSR count). The van der Waals surface area contributed by atoms with Gasteiger partial charge >= 0.3 is 0 Å². The number of H-pyrrole nitrogens is 1. The summed E-state index contributed by atoms with van der Waals surface area (Å²) >= 11 is 7.65. The molecule has 0 radical (unpaired) electrons. The van der Waals surface area contributed by atoms with E-state index < -0.39 is 0 Å². The molecular formula is C22H19ClN6OS. The van der Waals surface area contributed by atoms with Crippen LogP contribution in [0.5, 0.6) is 5.75 Å². The Hall–Kier alpha value is -3.10. The van der Waals surface area contributed by atoms with Crippen LogP contribution in [-0.2, 0) is 0 Å². The monoisotopic (exact) mass is 450 g/mol. The Labute approximate surface area is 188 Å². The van der Waals surface area contributed by atoms with Gasteiger partial charge in [-0.15, -0.1) is 10.2 Å². The summed E-state index contributed by atoms with van der Waals surface area (Å²) in [5.74, 6) is 1.44. The molecule has 1 unspecified atom stereocenters. The molecule has 9 heteroatoms. The van der Waals surface area contributed by atoms with Crippen LogP contribution in [0.1, 0.15) is 18.1 Å². The molecule has 1 aliphatic rings. The standard InChI is InChI=1S/C22H19ClN6OS/c1-12-18(14-4-8-16(23)9-5-14)24-25-19(12)21-26-27-22-29(21)28-20(13(2)31-22)15-6-10-17(30-3)11-7-15/h4-11,13H,1-3H3,(H,24,25). The SMILES string of the molecule is COc1ccc(C2=Nn3c(nnc3-c3[nH]nc(-c4ccc(Cl)cc4)c3C)SC2C)cc1. The molecule has 0 aliphatic carbocycles. The van der Waals surface area contributed by atoms with E-state index >= 15 is 0 Å². The van der Waals surface area contributed by atoms with Gasteiger partial charge in [0.25, 0.3) is 0 Å². The van der Waals surface area contributed by atoms with E-state index in [2.05, 4.69) is 27.3 Å². The predicted octanol–water partition coefficient (Wildman–Crippen LogP) is 5.05. The highest BCUT2D eigenvalue weighted by atomic mass is 35.5. The van der Waals surface area contributed by atoms with Gasteiger partial charge in [-0.2, -0.15) is 14.9 Å². The Bertz CT molecular complexity index is 1280. The van der Waals surface area contributed by atoms with Crippen molar-refractivity contribution < 1.29 is 4.74 Å². The molecular weight excluding hydrogens is 432 g/mol. The average Bonchev–Trinajstić information content (AvgIpc) is 3.36. The molecule has 0 spiro atoms. The van der Waals surface area contributed by atoms with Crippen LogP contribution in [0.25, 0.3) is 22.8 Å². The van der Waals surface area contributed by atoms with E-state index in [9.17, 15) is 0 Å². The molecule has 2 aromatic heterocycles. The van der Waals surface area contributed by atoms with Crippen LogP contribution in [-0.4, -0.2) is 43.1 Å². The smallest absolute Gasteiger partial charge is 0.213 e. The number of thioether (sulfide) groups is 1. The third kappa shape index (κ3) is 3.51. The summed E-state index contributed by atoms with van der Waals surface area (Å²) in [6.45, 7) is 4.13. The van der Waals surface area contributed by atoms with Gasteiger partial charge in [0, 0.05) is 16.1 Å². The van der Waals surface area contributed by atoms with Crippen LogP contribution in [0.2, 0.25) is 5.02 Å². The van der Waals surface area contributed by atoms with Gasteiger partial charge in [-0.3, -0.25) is 5.10 Å². The quantitative estimate of drug-likeness (QED) is 0.470. The van der Waals surface area contributed by atoms with E-state index in [-0.39, 0.29) is 5.25 Å². The molecule has 3 heterocycles. The fourth-order valence-electron chi connectivity index (χ4n) is 3.55. The van der Waals surface area contributed by atoms with Gasteiger partial charge in [0.05, 0.1) is 23.8 Å². The number of nitrogens with zero attached hydrogens (tertiary/aromatic N) is 5. The minimum Gasteiger partial charge on any atom is -0.497 e. The number of hydrogen-bond donors (Lipinski definition) is 1. The summed E-state index contributed by atoms with van der Waals surface area (Å²) in [5, 5.41) is 22.9. The van der Waals surface area contributed by atoms with Crippen LogP contribution >= 0.6 is 23.4 Å². The summed E-state index contributed by atoms with van der Waals surface area (Å²) in [6.07, 6.45) is 0. The van der Waals surface area contributed by atoms with Crippen molar-refractivity contribution in [1.29, 1.82) is 0 Å². The molecule has 1 N–H and O–H groups in total. The minimum atomic E-state index is 0.144. The first-order chi connectivity index (χ1) is 15.0. The second-order valence-corrected chi connectivity index (χ2v) is 8.92. The van der Waals surface area contributed by atoms with E-state index in [0.29, 0.717) is 10.8 Å². The summed E-state index contributed by atoms with van der Waals surface area (Å²) in [4.78, 5) is 0. The van der Waals surface area contributed by atoms with Crippen molar-refractivity contribution in [3.63, 3.8) is 0 Å². The number of ether oxygens (including phenoxy) is 1. The molecule has 4 aromatic rings. The molecule has 1 aliphatic heterocycles. The zero-order chi connectivity index (χ0) is 21.5. The summed E-state index contributed by atoms with van der Waals surface area (Å²) in [7, 11) is 1.66. The van der Waals surface area contributed by atoms with Crippen LogP contribution in [0, 0.1) is 6.92 Å². The Kier molecular flexibility index (Phi) is 5.03. The van der Waals surface area contributed by atoms with Crippen LogP contribution in [0.3, 0.4) is 0 Å². The Morgan fingerprint density at radius 1 is 1.03 bits per heavy atom. The largest absolute Gasteiger partial charge is 0.497 e. The van der Waals surface area contributed by atoms with Gasteiger partial charge < -0.3 is 4.74 Å². The molecule has 156 valence electrons. The molecule has 0 saturated heterocycles. The molecule has 31 heavy (non-hydrogen) atoms. The Balaban J connectivity index is 1.56. The van der Waals surface area contributed by atoms with Gasteiger partial charge in [-0.1, -0.05) is 35.5 Å². The van der Waals surface area contributed by atoms with Gasteiger partial charge in [-0.25, -0.2) is 0 Å². The van der Waals surface area contributed by atoms with Crippen molar-refractivity contribution in [3.05, 3.63) is 64.7 Å². The van der Waals surface area contributed by atoms with Crippen molar-refractivity contribution in [2.45, 2.75) is 24.3 Å². The van der Waals surface area contributed by atoms with Crippen LogP contribution < -0.4 is 4.74 Å². The maximum Gasteiger partial charge on any atom is 0.213 e. The molecule has 0 fully saturated rings. The van der Waals surface area contributed by atoms with Crippen molar-refractivity contribution in [1.82, 2.24) is 25.1 Å². The van der Waals surface area contributed by atoms with E-state index in [1.165, 1.54) is 0 Å². The zero-order valence-electron chi connectivity index (χ0n) is 17.1. The Morgan fingerprint density at radius 3 is 2.45 bits per heavy atom. The minimum absolute atomic E-state index is 0.144. The molecule has 2 aromatic carbocycles. The van der Waals surface area contributed by atoms with Crippen LogP contribution in [0.4, 0.5) is 0 Å². The zero-order valence-corrected chi connectivity index (χ0v) is 18.7. The molecule has 1 atom stereocenters. The number of methoxy groups -OCH3 is 1. The number of fused-ring (bicyclic) bond motifs is 1. The van der Waals surface area contributed by atoms with Crippen molar-refractivity contribution in [2.75, 3.05) is 7.11 Å². The van der Waals surface area contributed by atoms with Crippen molar-refractivity contribution >= 4 is 29.1 Å². The van der Waals surface area contributed by atoms with E-state index in [4.69, 9.17) is 21.4 Å². The highest BCUT2D eigenvalue weighted by Gasteiger charge is 2.28. The third-order valence-corrected chi connectivity index (χ3v) is 6.52. The second-order valence-electron chi connectivity index (χ2n) is 7.17. The number of benzene rings is 2. The van der Waals surface area contributed by atoms with Gasteiger partial charge in [0.15, 0.2) is 0 Å². The summed E-state index contributed by atoms with van der Waals surface area (Å²) < 4.78 is 7.06. The fraction of sp³-hybridized carbons (Fsp3) is 0.182. The Morgan fingerprint density at radius 2 is 1.74 bits per heavy atom. The lowest BCUT2D eigenvalue weighted by Crippen LogP contribution is -2.21. The molecule has 0 bridgehead atoms. The van der Waals surface area contributed by atoms with Gasteiger partial charge in [0.2, 0.25) is 11.0 Å².